The van der Waals surface area contributed by atoms with Gasteiger partial charge in [0.15, 0.2) is 7.79 Å². The van der Waals surface area contributed by atoms with E-state index in [9.17, 15) is 14.8 Å². The average molecular weight is 357 g/mol. The van der Waals surface area contributed by atoms with Crippen LogP contribution in [0.25, 0.3) is 0 Å². The first-order valence-corrected chi connectivity index (χ1v) is 9.87. The van der Waals surface area contributed by atoms with Crippen molar-refractivity contribution in [2.75, 3.05) is 22.4 Å². The van der Waals surface area contributed by atoms with E-state index in [1.165, 1.54) is 0 Å². The minimum absolute atomic E-state index is 0.173. The van der Waals surface area contributed by atoms with Crippen LogP contribution in [0.5, 0.6) is 0 Å². The number of hydrogen-bond acceptors (Lipinski definition) is 4. The summed E-state index contributed by atoms with van der Waals surface area (Å²) in [4.78, 5) is 23.2. The standard InChI is InChI=1S/C19H22N2O3P/c1-2-18(15-19(22)23)25(24)20(16-9-5-3-6-10-16)13-14-21(25)17-11-7-4-8-12-17/h2-12,24H,13-15H2,1H3,(H,22,23)/b18-2+. The molecule has 2 N–H and O–H groups in total. The van der Waals surface area contributed by atoms with Crippen molar-refractivity contribution in [3.63, 3.8) is 0 Å². The fraction of sp³-hybridized carbons (Fsp3) is 0.211. The quantitative estimate of drug-likeness (QED) is 0.787. The Balaban J connectivity index is 2.10. The second-order valence-corrected chi connectivity index (χ2v) is 8.51. The Labute approximate surface area is 148 Å². The third kappa shape index (κ3) is 3.26. The van der Waals surface area contributed by atoms with Crippen molar-refractivity contribution in [1.29, 1.82) is 0 Å². The molecule has 1 fully saturated rings. The number of nitrogens with zero attached hydrogens (tertiary/aromatic N) is 2. The molecule has 0 atom stereocenters. The van der Waals surface area contributed by atoms with Gasteiger partial charge in [-0.2, -0.15) is 0 Å². The first-order valence-electron chi connectivity index (χ1n) is 8.23. The third-order valence-electron chi connectivity index (χ3n) is 4.36. The van der Waals surface area contributed by atoms with E-state index in [0.717, 1.165) is 11.4 Å². The molecule has 2 aromatic rings. The molecule has 1 radical (unpaired) electrons. The molecule has 2 aromatic carbocycles. The fourth-order valence-electron chi connectivity index (χ4n) is 3.23. The van der Waals surface area contributed by atoms with E-state index in [0.29, 0.717) is 18.4 Å². The summed E-state index contributed by atoms with van der Waals surface area (Å²) in [6.45, 7) is 3.07. The second kappa shape index (κ2) is 7.26. The second-order valence-electron chi connectivity index (χ2n) is 5.84. The van der Waals surface area contributed by atoms with Gasteiger partial charge in [-0.1, -0.05) is 42.5 Å². The zero-order chi connectivity index (χ0) is 17.9. The van der Waals surface area contributed by atoms with Crippen molar-refractivity contribution in [2.45, 2.75) is 13.3 Å². The largest absolute Gasteiger partial charge is 0.481 e. The van der Waals surface area contributed by atoms with Crippen molar-refractivity contribution < 1.29 is 14.8 Å². The summed E-state index contributed by atoms with van der Waals surface area (Å²) < 4.78 is 3.94. The highest BCUT2D eigenvalue weighted by atomic mass is 31.2. The van der Waals surface area contributed by atoms with Gasteiger partial charge in [0.2, 0.25) is 0 Å². The Morgan fingerprint density at radius 1 is 1.00 bits per heavy atom. The molecule has 6 heteroatoms. The highest BCUT2D eigenvalue weighted by Crippen LogP contribution is 2.72. The molecule has 0 aliphatic carbocycles. The van der Waals surface area contributed by atoms with E-state index in [2.05, 4.69) is 0 Å². The lowest BCUT2D eigenvalue weighted by Gasteiger charge is -2.43. The Morgan fingerprint density at radius 2 is 1.44 bits per heavy atom. The van der Waals surface area contributed by atoms with Gasteiger partial charge in [0.25, 0.3) is 0 Å². The first-order chi connectivity index (χ1) is 12.1. The molecule has 5 nitrogen and oxygen atoms in total. The number of allylic oxidation sites excluding steroid dienone is 1. The van der Waals surface area contributed by atoms with E-state index >= 15 is 0 Å². The lowest BCUT2D eigenvalue weighted by molar-refractivity contribution is -0.136. The molecule has 0 bridgehead atoms. The van der Waals surface area contributed by atoms with Gasteiger partial charge in [-0.25, -0.2) is 0 Å². The molecule has 25 heavy (non-hydrogen) atoms. The van der Waals surface area contributed by atoms with Gasteiger partial charge in [-0.05, 0) is 31.2 Å². The topological polar surface area (TPSA) is 64.0 Å². The number of carbonyl (C=O) groups is 1. The number of carboxylic acid groups (broad SMARTS) is 1. The van der Waals surface area contributed by atoms with Gasteiger partial charge in [0.05, 0.1) is 6.42 Å². The Kier molecular flexibility index (Phi) is 5.07. The number of benzene rings is 2. The molecular formula is C19H22N2O3P. The van der Waals surface area contributed by atoms with Gasteiger partial charge in [-0.3, -0.25) is 4.79 Å². The average Bonchev–Trinajstić information content (AvgIpc) is 2.99. The fourth-order valence-corrected chi connectivity index (χ4v) is 6.45. The molecule has 0 unspecified atom stereocenters. The van der Waals surface area contributed by atoms with Gasteiger partial charge in [0, 0.05) is 29.8 Å². The number of rotatable bonds is 5. The normalized spacial score (nSPS) is 17.0. The van der Waals surface area contributed by atoms with Crippen LogP contribution in [0, 0.1) is 0 Å². The van der Waals surface area contributed by atoms with Gasteiger partial charge in [0.1, 0.15) is 0 Å². The molecule has 0 amide bonds. The smallest absolute Gasteiger partial charge is 0.308 e. The molecule has 1 saturated heterocycles. The van der Waals surface area contributed by atoms with Crippen molar-refractivity contribution in [2.24, 2.45) is 0 Å². The van der Waals surface area contributed by atoms with Crippen LogP contribution in [0.4, 0.5) is 11.4 Å². The van der Waals surface area contributed by atoms with Crippen molar-refractivity contribution in [3.05, 3.63) is 72.1 Å². The molecule has 0 aromatic heterocycles. The highest BCUT2D eigenvalue weighted by Gasteiger charge is 2.48. The van der Waals surface area contributed by atoms with Crippen LogP contribution >= 0.6 is 7.79 Å². The Bertz CT molecular complexity index is 717. The van der Waals surface area contributed by atoms with Crippen molar-refractivity contribution >= 4 is 25.1 Å². The summed E-state index contributed by atoms with van der Waals surface area (Å²) in [6.07, 6.45) is 1.58. The molecule has 0 saturated carbocycles. The number of aliphatic carboxylic acids is 1. The van der Waals surface area contributed by atoms with Crippen LogP contribution in [0.3, 0.4) is 0 Å². The van der Waals surface area contributed by atoms with Crippen LogP contribution in [0.1, 0.15) is 13.3 Å². The Hall–Kier alpha value is -2.36. The third-order valence-corrected chi connectivity index (χ3v) is 7.75. The Morgan fingerprint density at radius 3 is 1.80 bits per heavy atom. The van der Waals surface area contributed by atoms with Crippen LogP contribution in [-0.4, -0.2) is 29.1 Å². The van der Waals surface area contributed by atoms with Crippen LogP contribution in [0.2, 0.25) is 0 Å². The van der Waals surface area contributed by atoms with Crippen LogP contribution in [0.15, 0.2) is 72.1 Å². The molecule has 131 valence electrons. The maximum atomic E-state index is 11.9. The predicted molar refractivity (Wildman–Crippen MR) is 103 cm³/mol. The monoisotopic (exact) mass is 357 g/mol. The minimum Gasteiger partial charge on any atom is -0.481 e. The summed E-state index contributed by atoms with van der Waals surface area (Å²) in [7, 11) is -3.00. The number of carboxylic acids is 1. The van der Waals surface area contributed by atoms with E-state index in [1.807, 2.05) is 70.0 Å². The lowest BCUT2D eigenvalue weighted by Crippen LogP contribution is -2.26. The van der Waals surface area contributed by atoms with E-state index < -0.39 is 13.8 Å². The molecular weight excluding hydrogens is 335 g/mol. The lowest BCUT2D eigenvalue weighted by atomic mass is 10.3. The number of para-hydroxylation sites is 2. The van der Waals surface area contributed by atoms with Crippen LogP contribution < -0.4 is 9.34 Å². The predicted octanol–water partition coefficient (Wildman–Crippen LogP) is 4.15. The maximum Gasteiger partial charge on any atom is 0.308 e. The van der Waals surface area contributed by atoms with Crippen LogP contribution in [-0.2, 0) is 4.79 Å². The highest BCUT2D eigenvalue weighted by molar-refractivity contribution is 7.77. The summed E-state index contributed by atoms with van der Waals surface area (Å²) in [6, 6.07) is 19.4. The van der Waals surface area contributed by atoms with Gasteiger partial charge in [-0.15, -0.1) is 0 Å². The summed E-state index contributed by atoms with van der Waals surface area (Å²) >= 11 is 0. The van der Waals surface area contributed by atoms with Crippen molar-refractivity contribution in [3.8, 4) is 0 Å². The SMILES string of the molecule is C/C=C(\CC(=O)O)[P]1(O)N(c2ccccc2)CCN1c1ccccc1. The summed E-state index contributed by atoms with van der Waals surface area (Å²) in [5.74, 6) is -0.936. The molecule has 3 rings (SSSR count). The van der Waals surface area contributed by atoms with Crippen molar-refractivity contribution in [1.82, 2.24) is 0 Å². The molecule has 1 aliphatic rings. The summed E-state index contributed by atoms with van der Waals surface area (Å²) in [5, 5.41) is 9.89. The molecule has 1 aliphatic heterocycles. The van der Waals surface area contributed by atoms with E-state index in [-0.39, 0.29) is 6.42 Å². The molecule has 1 heterocycles. The number of hydrogen-bond donors (Lipinski definition) is 2. The zero-order valence-corrected chi connectivity index (χ0v) is 15.0. The minimum atomic E-state index is -3.00. The van der Waals surface area contributed by atoms with E-state index in [1.54, 1.807) is 13.0 Å². The first kappa shape index (κ1) is 17.5. The maximum absolute atomic E-state index is 11.9. The molecule has 0 spiro atoms. The van der Waals surface area contributed by atoms with Gasteiger partial charge < -0.3 is 19.3 Å². The van der Waals surface area contributed by atoms with E-state index in [4.69, 9.17) is 0 Å². The van der Waals surface area contributed by atoms with Gasteiger partial charge >= 0.3 is 5.97 Å². The zero-order valence-electron chi connectivity index (χ0n) is 14.1. The number of anilines is 2. The summed E-state index contributed by atoms with van der Waals surface area (Å²) in [5.41, 5.74) is 1.81.